The maximum Gasteiger partial charge on any atom is 0.190 e. The van der Waals surface area contributed by atoms with Crippen LogP contribution in [-0.4, -0.2) is 50.9 Å². The normalized spacial score (nSPS) is 52.5. The number of hydrogen-bond acceptors (Lipinski definition) is 5. The van der Waals surface area contributed by atoms with Crippen molar-refractivity contribution in [3.8, 4) is 0 Å². The molecule has 28 heavy (non-hydrogen) atoms. The third-order valence-electron chi connectivity index (χ3n) is 8.79. The molecule has 0 radical (unpaired) electrons. The van der Waals surface area contributed by atoms with Crippen LogP contribution in [0.15, 0.2) is 23.8 Å². The van der Waals surface area contributed by atoms with E-state index >= 15 is 4.39 Å². The van der Waals surface area contributed by atoms with Gasteiger partial charge in [-0.2, -0.15) is 0 Å². The number of halogens is 1. The Hall–Kier alpha value is -1.37. The van der Waals surface area contributed by atoms with Crippen LogP contribution in [-0.2, 0) is 9.59 Å². The van der Waals surface area contributed by atoms with E-state index in [0.717, 1.165) is 0 Å². The number of aliphatic hydroxyl groups is 3. The van der Waals surface area contributed by atoms with Gasteiger partial charge < -0.3 is 15.3 Å². The summed E-state index contributed by atoms with van der Waals surface area (Å²) in [6, 6.07) is 0. The van der Waals surface area contributed by atoms with Crippen molar-refractivity contribution in [3.63, 3.8) is 0 Å². The fraction of sp³-hybridized carbons (Fsp3) is 0.727. The Kier molecular flexibility index (Phi) is 4.15. The van der Waals surface area contributed by atoms with Crippen LogP contribution < -0.4 is 0 Å². The molecule has 5 nitrogen and oxygen atoms in total. The van der Waals surface area contributed by atoms with E-state index in [-0.39, 0.29) is 18.1 Å². The molecule has 3 fully saturated rings. The summed E-state index contributed by atoms with van der Waals surface area (Å²) in [4.78, 5) is 24.4. The topological polar surface area (TPSA) is 94.8 Å². The summed E-state index contributed by atoms with van der Waals surface area (Å²) in [5.41, 5.74) is -5.17. The summed E-state index contributed by atoms with van der Waals surface area (Å²) < 4.78 is 16.9. The number of alkyl halides is 1. The monoisotopic (exact) mass is 392 g/mol. The Morgan fingerprint density at radius 1 is 1.32 bits per heavy atom. The zero-order valence-corrected chi connectivity index (χ0v) is 16.6. The molecule has 4 aliphatic carbocycles. The number of allylic oxidation sites excluding steroid dienone is 4. The standard InChI is InChI=1S/C22H29FO5/c1-12-8-16-15-5-4-13-9-14(25)6-7-19(13,2)21(15,23)17(26)10-20(16,3)22(12,28)18(27)11-24/h6-7,9,12,15-17,24,26,28H,4-5,8,10-11H2,1-3H3/t12-,15+,16?,17+,19+,20+,21+,22-/m1/s1. The summed E-state index contributed by atoms with van der Waals surface area (Å²) in [5.74, 6) is -2.12. The Morgan fingerprint density at radius 2 is 2.00 bits per heavy atom. The van der Waals surface area contributed by atoms with Crippen LogP contribution in [0, 0.1) is 28.6 Å². The van der Waals surface area contributed by atoms with Gasteiger partial charge in [0.15, 0.2) is 17.2 Å². The van der Waals surface area contributed by atoms with Gasteiger partial charge in [0.05, 0.1) is 6.10 Å². The molecule has 4 aliphatic rings. The highest BCUT2D eigenvalue weighted by molar-refractivity contribution is 6.01. The van der Waals surface area contributed by atoms with Crippen LogP contribution in [0.2, 0.25) is 0 Å². The molecule has 4 rings (SSSR count). The average Bonchev–Trinajstić information content (AvgIpc) is 2.84. The minimum absolute atomic E-state index is 0.0676. The van der Waals surface area contributed by atoms with Crippen LogP contribution in [0.5, 0.6) is 0 Å². The molecule has 154 valence electrons. The molecule has 6 heteroatoms. The van der Waals surface area contributed by atoms with Gasteiger partial charge >= 0.3 is 0 Å². The van der Waals surface area contributed by atoms with E-state index in [9.17, 15) is 24.9 Å². The lowest BCUT2D eigenvalue weighted by Gasteiger charge is -2.62. The number of carbonyl (C=O) groups is 2. The molecule has 0 amide bonds. The highest BCUT2D eigenvalue weighted by atomic mass is 19.1. The highest BCUT2D eigenvalue weighted by Gasteiger charge is 2.75. The first-order valence-electron chi connectivity index (χ1n) is 10.1. The third-order valence-corrected chi connectivity index (χ3v) is 8.79. The van der Waals surface area contributed by atoms with E-state index in [1.165, 1.54) is 12.2 Å². The molecular weight excluding hydrogens is 363 g/mol. The van der Waals surface area contributed by atoms with Crippen molar-refractivity contribution < 1.29 is 29.3 Å². The van der Waals surface area contributed by atoms with Gasteiger partial charge in [0.25, 0.3) is 0 Å². The number of fused-ring (bicyclic) bond motifs is 5. The summed E-state index contributed by atoms with van der Waals surface area (Å²) in [5, 5.41) is 32.0. The smallest absolute Gasteiger partial charge is 0.190 e. The third kappa shape index (κ3) is 2.01. The zero-order valence-electron chi connectivity index (χ0n) is 16.6. The van der Waals surface area contributed by atoms with Crippen molar-refractivity contribution >= 4 is 11.6 Å². The molecule has 8 atom stereocenters. The number of hydrogen-bond donors (Lipinski definition) is 3. The average molecular weight is 392 g/mol. The summed E-state index contributed by atoms with van der Waals surface area (Å²) >= 11 is 0. The van der Waals surface area contributed by atoms with Gasteiger partial charge in [-0.25, -0.2) is 4.39 Å². The van der Waals surface area contributed by atoms with E-state index in [2.05, 4.69) is 0 Å². The molecule has 0 aromatic rings. The first kappa shape index (κ1) is 19.9. The van der Waals surface area contributed by atoms with Crippen LogP contribution >= 0.6 is 0 Å². The SMILES string of the molecule is C[C@@H]1CC2[C@@H]3CCC4=CC(=O)C=C[C@]4(C)[C@@]3(F)[C@@H](O)C[C@]2(C)[C@]1(O)C(=O)CO. The number of aliphatic hydroxyl groups excluding tert-OH is 2. The molecule has 0 saturated heterocycles. The molecular formula is C22H29FO5. The number of rotatable bonds is 2. The van der Waals surface area contributed by atoms with Crippen molar-refractivity contribution in [3.05, 3.63) is 23.8 Å². The minimum atomic E-state index is -1.98. The van der Waals surface area contributed by atoms with Gasteiger partial charge in [0, 0.05) is 16.7 Å². The highest BCUT2D eigenvalue weighted by Crippen LogP contribution is 2.70. The minimum Gasteiger partial charge on any atom is -0.390 e. The first-order valence-corrected chi connectivity index (χ1v) is 10.1. The number of carbonyl (C=O) groups excluding carboxylic acids is 2. The van der Waals surface area contributed by atoms with Gasteiger partial charge in [0.2, 0.25) is 0 Å². The van der Waals surface area contributed by atoms with Gasteiger partial charge in [0.1, 0.15) is 12.2 Å². The van der Waals surface area contributed by atoms with E-state index < -0.39 is 52.4 Å². The first-order chi connectivity index (χ1) is 13.0. The summed E-state index contributed by atoms with van der Waals surface area (Å²) in [7, 11) is 0. The second-order valence-corrected chi connectivity index (χ2v) is 9.75. The molecule has 0 aromatic heterocycles. The van der Waals surface area contributed by atoms with Crippen LogP contribution in [0.3, 0.4) is 0 Å². The molecule has 0 aromatic carbocycles. The van der Waals surface area contributed by atoms with Crippen LogP contribution in [0.1, 0.15) is 46.5 Å². The van der Waals surface area contributed by atoms with Gasteiger partial charge in [-0.05, 0) is 56.6 Å². The largest absolute Gasteiger partial charge is 0.390 e. The van der Waals surface area contributed by atoms with Crippen molar-refractivity contribution in [1.82, 2.24) is 0 Å². The van der Waals surface area contributed by atoms with Gasteiger partial charge in [-0.15, -0.1) is 0 Å². The van der Waals surface area contributed by atoms with E-state index in [1.807, 2.05) is 0 Å². The van der Waals surface area contributed by atoms with Crippen LogP contribution in [0.4, 0.5) is 4.39 Å². The number of Topliss-reactive ketones (excluding diaryl/α,β-unsaturated/α-hetero) is 1. The number of ketones is 2. The van der Waals surface area contributed by atoms with Gasteiger partial charge in [-0.3, -0.25) is 9.59 Å². The fourth-order valence-electron chi connectivity index (χ4n) is 7.26. The maximum atomic E-state index is 16.9. The van der Waals surface area contributed by atoms with E-state index in [4.69, 9.17) is 0 Å². The van der Waals surface area contributed by atoms with Gasteiger partial charge in [-0.1, -0.05) is 25.5 Å². The van der Waals surface area contributed by atoms with Crippen molar-refractivity contribution in [1.29, 1.82) is 0 Å². The quantitative estimate of drug-likeness (QED) is 0.667. The maximum absolute atomic E-state index is 16.9. The van der Waals surface area contributed by atoms with Crippen molar-refractivity contribution in [2.75, 3.05) is 6.61 Å². The Bertz CT molecular complexity index is 805. The van der Waals surface area contributed by atoms with Crippen LogP contribution in [0.25, 0.3) is 0 Å². The van der Waals surface area contributed by atoms with Crippen molar-refractivity contribution in [2.45, 2.75) is 63.8 Å². The summed E-state index contributed by atoms with van der Waals surface area (Å²) in [6.07, 6.45) is 4.44. The Balaban J connectivity index is 1.84. The molecule has 1 unspecified atom stereocenters. The predicted molar refractivity (Wildman–Crippen MR) is 99.9 cm³/mol. The zero-order chi connectivity index (χ0) is 20.7. The molecule has 3 saturated carbocycles. The molecule has 0 aliphatic heterocycles. The fourth-order valence-corrected chi connectivity index (χ4v) is 7.26. The predicted octanol–water partition coefficient (Wildman–Crippen LogP) is 1.90. The van der Waals surface area contributed by atoms with Crippen molar-refractivity contribution in [2.24, 2.45) is 28.6 Å². The Labute approximate surface area is 164 Å². The second-order valence-electron chi connectivity index (χ2n) is 9.75. The molecule has 3 N–H and O–H groups in total. The second kappa shape index (κ2) is 5.83. The summed E-state index contributed by atoms with van der Waals surface area (Å²) in [6.45, 7) is 4.48. The lowest BCUT2D eigenvalue weighted by atomic mass is 9.44. The molecule has 0 heterocycles. The van der Waals surface area contributed by atoms with E-state index in [0.29, 0.717) is 24.8 Å². The Morgan fingerprint density at radius 3 is 2.64 bits per heavy atom. The molecule has 0 bridgehead atoms. The van der Waals surface area contributed by atoms with E-state index in [1.54, 1.807) is 26.8 Å². The lowest BCUT2D eigenvalue weighted by molar-refractivity contribution is -0.219. The molecule has 0 spiro atoms. The lowest BCUT2D eigenvalue weighted by Crippen LogP contribution is -2.69.